The Morgan fingerprint density at radius 2 is 1.79 bits per heavy atom. The second-order valence-corrected chi connectivity index (χ2v) is 11.1. The zero-order valence-electron chi connectivity index (χ0n) is 24.1. The monoisotopic (exact) mass is 528 g/mol. The van der Waals surface area contributed by atoms with Crippen LogP contribution in [0.15, 0.2) is 41.5 Å². The van der Waals surface area contributed by atoms with E-state index in [4.69, 9.17) is 4.74 Å². The minimum atomic E-state index is -0.302. The van der Waals surface area contributed by atoms with E-state index in [9.17, 15) is 4.79 Å². The minimum absolute atomic E-state index is 0.302. The Kier molecular flexibility index (Phi) is 7.98. The van der Waals surface area contributed by atoms with Gasteiger partial charge in [-0.2, -0.15) is 0 Å². The summed E-state index contributed by atoms with van der Waals surface area (Å²) in [6.45, 7) is 10.9. The first-order chi connectivity index (χ1) is 18.7. The van der Waals surface area contributed by atoms with Crippen LogP contribution < -0.4 is 4.74 Å². The van der Waals surface area contributed by atoms with Crippen LogP contribution in [0.3, 0.4) is 0 Å². The van der Waals surface area contributed by atoms with Gasteiger partial charge in [0.05, 0.1) is 12.1 Å². The van der Waals surface area contributed by atoms with E-state index in [0.29, 0.717) is 18.8 Å². The molecule has 1 aliphatic heterocycles. The van der Waals surface area contributed by atoms with Crippen molar-refractivity contribution in [1.82, 2.24) is 24.3 Å². The molecular weight excluding hydrogens is 488 g/mol. The Hall–Kier alpha value is -3.33. The highest BCUT2D eigenvalue weighted by Gasteiger charge is 2.19. The molecule has 206 valence electrons. The van der Waals surface area contributed by atoms with E-state index in [2.05, 4.69) is 69.6 Å². The van der Waals surface area contributed by atoms with Gasteiger partial charge in [-0.05, 0) is 82.7 Å². The first-order valence-corrected chi connectivity index (χ1v) is 13.8. The van der Waals surface area contributed by atoms with Crippen LogP contribution in [-0.4, -0.2) is 103 Å². The van der Waals surface area contributed by atoms with Crippen LogP contribution in [0.1, 0.15) is 29.4 Å². The zero-order valence-corrected chi connectivity index (χ0v) is 24.1. The third-order valence-corrected chi connectivity index (χ3v) is 7.77. The third-order valence-electron chi connectivity index (χ3n) is 7.77. The summed E-state index contributed by atoms with van der Waals surface area (Å²) in [5.74, 6) is 0.570. The standard InChI is InChI=1S/C31H40N6O2/c1-21(20-34(3)4)33-31(38)29-26-19-27-25-18-23(39-17-7-12-37-15-13-35(5)14-16-37)8-9-28(25)36(6)30(27)22(2)24(26)10-11-32-29/h8-11,18-19H,7,12-17,20H2,1-6H3. The number of aromatic nitrogens is 2. The number of benzene rings is 2. The molecule has 0 N–H and O–H groups in total. The highest BCUT2D eigenvalue weighted by Crippen LogP contribution is 2.37. The summed E-state index contributed by atoms with van der Waals surface area (Å²) in [6, 6.07) is 10.4. The molecular formula is C31H40N6O2. The number of pyridine rings is 1. The Morgan fingerprint density at radius 1 is 1.03 bits per heavy atom. The van der Waals surface area contributed by atoms with E-state index in [0.717, 1.165) is 88.7 Å². The molecule has 1 saturated heterocycles. The number of carbonyl (C=O) groups excluding carboxylic acids is 1. The second-order valence-electron chi connectivity index (χ2n) is 11.1. The quantitative estimate of drug-likeness (QED) is 0.250. The first-order valence-electron chi connectivity index (χ1n) is 13.8. The van der Waals surface area contributed by atoms with Gasteiger partial charge in [-0.3, -0.25) is 9.78 Å². The lowest BCUT2D eigenvalue weighted by molar-refractivity contribution is 0.0999. The number of ether oxygens (including phenoxy) is 1. The lowest BCUT2D eigenvalue weighted by Crippen LogP contribution is -2.44. The van der Waals surface area contributed by atoms with Gasteiger partial charge in [0.2, 0.25) is 0 Å². The number of piperazine rings is 1. The Morgan fingerprint density at radius 3 is 2.54 bits per heavy atom. The fourth-order valence-corrected chi connectivity index (χ4v) is 5.80. The van der Waals surface area contributed by atoms with E-state index >= 15 is 0 Å². The Bertz CT molecular complexity index is 1550. The van der Waals surface area contributed by atoms with Gasteiger partial charge in [0.15, 0.2) is 0 Å². The normalized spacial score (nSPS) is 15.7. The van der Waals surface area contributed by atoms with Crippen LogP contribution in [0.25, 0.3) is 32.6 Å². The number of likely N-dealkylation sites (N-methyl/N-ethyl adjacent to an activating group) is 1. The predicted molar refractivity (Wildman–Crippen MR) is 161 cm³/mol. The van der Waals surface area contributed by atoms with Crippen molar-refractivity contribution in [2.75, 3.05) is 67.0 Å². The van der Waals surface area contributed by atoms with Crippen LogP contribution >= 0.6 is 0 Å². The maximum Gasteiger partial charge on any atom is 0.296 e. The molecule has 0 atom stereocenters. The fraction of sp³-hybridized carbons (Fsp3) is 0.452. The summed E-state index contributed by atoms with van der Waals surface area (Å²) in [5.41, 5.74) is 4.57. The van der Waals surface area contributed by atoms with Crippen molar-refractivity contribution >= 4 is 44.2 Å². The molecule has 2 aromatic heterocycles. The number of carbonyl (C=O) groups is 1. The molecule has 0 bridgehead atoms. The first kappa shape index (κ1) is 27.2. The van der Waals surface area contributed by atoms with Crippen molar-refractivity contribution in [3.63, 3.8) is 0 Å². The smallest absolute Gasteiger partial charge is 0.296 e. The van der Waals surface area contributed by atoms with Gasteiger partial charge in [-0.15, -0.1) is 0 Å². The van der Waals surface area contributed by atoms with Crippen LogP contribution in [0.5, 0.6) is 5.75 Å². The van der Waals surface area contributed by atoms with Gasteiger partial charge >= 0.3 is 0 Å². The predicted octanol–water partition coefficient (Wildman–Crippen LogP) is 4.37. The number of nitrogens with zero attached hydrogens (tertiary/aromatic N) is 6. The van der Waals surface area contributed by atoms with Crippen LogP contribution in [-0.2, 0) is 7.05 Å². The van der Waals surface area contributed by atoms with Crippen LogP contribution in [0, 0.1) is 6.92 Å². The molecule has 8 nitrogen and oxygen atoms in total. The molecule has 0 unspecified atom stereocenters. The van der Waals surface area contributed by atoms with Crippen molar-refractivity contribution in [2.24, 2.45) is 12.0 Å². The van der Waals surface area contributed by atoms with E-state index in [-0.39, 0.29) is 5.91 Å². The molecule has 1 amide bonds. The number of fused-ring (bicyclic) bond motifs is 4. The molecule has 0 aliphatic carbocycles. The van der Waals surface area contributed by atoms with E-state index in [1.807, 2.05) is 32.0 Å². The second kappa shape index (κ2) is 11.4. The van der Waals surface area contributed by atoms with E-state index in [1.54, 1.807) is 6.20 Å². The molecule has 39 heavy (non-hydrogen) atoms. The Balaban J connectivity index is 1.45. The van der Waals surface area contributed by atoms with Gasteiger partial charge in [0.25, 0.3) is 5.91 Å². The lowest BCUT2D eigenvalue weighted by Gasteiger charge is -2.32. The SMILES string of the molecule is CC(CN(C)C)=NC(=O)c1nccc2c(C)c3c(cc12)c1cc(OCCCN2CCN(C)CC2)ccc1n3C. The maximum atomic E-state index is 13.2. The summed E-state index contributed by atoms with van der Waals surface area (Å²) in [7, 11) is 8.21. The van der Waals surface area contributed by atoms with E-state index < -0.39 is 0 Å². The summed E-state index contributed by atoms with van der Waals surface area (Å²) in [6.07, 6.45) is 2.72. The van der Waals surface area contributed by atoms with Crippen molar-refractivity contribution in [3.05, 3.63) is 47.8 Å². The largest absolute Gasteiger partial charge is 0.494 e. The molecule has 1 fully saturated rings. The van der Waals surface area contributed by atoms with Crippen molar-refractivity contribution in [1.29, 1.82) is 0 Å². The zero-order chi connectivity index (χ0) is 27.7. The molecule has 0 saturated carbocycles. The molecule has 0 spiro atoms. The summed E-state index contributed by atoms with van der Waals surface area (Å²) < 4.78 is 8.44. The molecule has 3 heterocycles. The van der Waals surface area contributed by atoms with Gasteiger partial charge in [-0.1, -0.05) is 0 Å². The fourth-order valence-electron chi connectivity index (χ4n) is 5.80. The van der Waals surface area contributed by atoms with Crippen molar-refractivity contribution in [3.8, 4) is 5.75 Å². The molecule has 4 aromatic rings. The maximum absolute atomic E-state index is 13.2. The van der Waals surface area contributed by atoms with Crippen molar-refractivity contribution < 1.29 is 9.53 Å². The minimum Gasteiger partial charge on any atom is -0.494 e. The summed E-state index contributed by atoms with van der Waals surface area (Å²) >= 11 is 0. The number of hydrogen-bond donors (Lipinski definition) is 0. The lowest BCUT2D eigenvalue weighted by atomic mass is 10.00. The number of aryl methyl sites for hydroxylation is 2. The van der Waals surface area contributed by atoms with Crippen LogP contribution in [0.4, 0.5) is 0 Å². The highest BCUT2D eigenvalue weighted by atomic mass is 16.5. The molecule has 8 heteroatoms. The highest BCUT2D eigenvalue weighted by molar-refractivity contribution is 6.18. The third kappa shape index (κ3) is 5.69. The number of aliphatic imine (C=N–C) groups is 1. The van der Waals surface area contributed by atoms with Gasteiger partial charge in [-0.25, -0.2) is 4.99 Å². The molecule has 5 rings (SSSR count). The summed E-state index contributed by atoms with van der Waals surface area (Å²) in [4.78, 5) is 28.9. The van der Waals surface area contributed by atoms with E-state index in [1.165, 1.54) is 0 Å². The van der Waals surface area contributed by atoms with Gasteiger partial charge < -0.3 is 24.0 Å². The Labute approximate surface area is 230 Å². The number of rotatable bonds is 8. The topological polar surface area (TPSA) is 66.2 Å². The number of hydrogen-bond acceptors (Lipinski definition) is 6. The van der Waals surface area contributed by atoms with Crippen molar-refractivity contribution in [2.45, 2.75) is 20.3 Å². The summed E-state index contributed by atoms with van der Waals surface area (Å²) in [5, 5.41) is 4.06. The molecule has 0 radical (unpaired) electrons. The average molecular weight is 529 g/mol. The van der Waals surface area contributed by atoms with Crippen LogP contribution in [0.2, 0.25) is 0 Å². The van der Waals surface area contributed by atoms with Gasteiger partial charge in [0.1, 0.15) is 11.4 Å². The average Bonchev–Trinajstić information content (AvgIpc) is 3.18. The molecule has 2 aromatic carbocycles. The molecule has 1 aliphatic rings. The number of amides is 1. The van der Waals surface area contributed by atoms with Gasteiger partial charge in [0, 0.05) is 79.9 Å².